The number of nitrogens with two attached hydrogens (primary N) is 1. The van der Waals surface area contributed by atoms with Crippen molar-refractivity contribution in [2.75, 3.05) is 27.4 Å². The predicted molar refractivity (Wildman–Crippen MR) is 92.6 cm³/mol. The molecule has 0 aliphatic heterocycles. The van der Waals surface area contributed by atoms with Crippen molar-refractivity contribution in [2.45, 2.75) is 19.3 Å². The van der Waals surface area contributed by atoms with E-state index in [0.29, 0.717) is 30.4 Å². The van der Waals surface area contributed by atoms with E-state index in [-0.39, 0.29) is 5.92 Å². The smallest absolute Gasteiger partial charge is 0.203 e. The average Bonchev–Trinajstić information content (AvgIpc) is 2.59. The quantitative estimate of drug-likeness (QED) is 0.810. The molecule has 0 amide bonds. The molecule has 1 unspecified atom stereocenters. The number of ether oxygens (including phenoxy) is 3. The number of hydrogen-bond donors (Lipinski definition) is 1. The number of rotatable bonds is 8. The van der Waals surface area contributed by atoms with Gasteiger partial charge in [-0.25, -0.2) is 0 Å². The average molecular weight is 315 g/mol. The van der Waals surface area contributed by atoms with Crippen LogP contribution in [0.1, 0.15) is 23.5 Å². The van der Waals surface area contributed by atoms with Gasteiger partial charge in [0.2, 0.25) is 5.75 Å². The molecule has 0 saturated carbocycles. The molecule has 0 fully saturated rings. The van der Waals surface area contributed by atoms with Crippen LogP contribution in [0.3, 0.4) is 0 Å². The lowest BCUT2D eigenvalue weighted by atomic mass is 9.95. The van der Waals surface area contributed by atoms with E-state index < -0.39 is 0 Å². The van der Waals surface area contributed by atoms with Crippen molar-refractivity contribution in [1.29, 1.82) is 0 Å². The van der Waals surface area contributed by atoms with Crippen molar-refractivity contribution in [1.82, 2.24) is 0 Å². The fraction of sp³-hybridized carbons (Fsp3) is 0.368. The molecule has 0 saturated heterocycles. The minimum Gasteiger partial charge on any atom is -0.493 e. The normalized spacial score (nSPS) is 11.8. The van der Waals surface area contributed by atoms with E-state index in [2.05, 4.69) is 31.2 Å². The molecule has 23 heavy (non-hydrogen) atoms. The minimum absolute atomic E-state index is 0.274. The Balaban J connectivity index is 2.02. The van der Waals surface area contributed by atoms with Crippen LogP contribution in [0.15, 0.2) is 42.5 Å². The van der Waals surface area contributed by atoms with Gasteiger partial charge in [-0.2, -0.15) is 0 Å². The highest BCUT2D eigenvalue weighted by molar-refractivity contribution is 5.51. The second-order valence-corrected chi connectivity index (χ2v) is 5.47. The summed E-state index contributed by atoms with van der Waals surface area (Å²) in [6.07, 6.45) is 0.834. The Bertz CT molecular complexity index is 588. The molecule has 4 heteroatoms. The van der Waals surface area contributed by atoms with E-state index in [1.54, 1.807) is 14.2 Å². The van der Waals surface area contributed by atoms with E-state index in [1.165, 1.54) is 11.1 Å². The zero-order chi connectivity index (χ0) is 16.7. The van der Waals surface area contributed by atoms with Gasteiger partial charge in [-0.3, -0.25) is 0 Å². The highest BCUT2D eigenvalue weighted by Crippen LogP contribution is 2.37. The van der Waals surface area contributed by atoms with Crippen molar-refractivity contribution in [3.05, 3.63) is 53.6 Å². The molecule has 0 spiro atoms. The van der Waals surface area contributed by atoms with Gasteiger partial charge in [0.05, 0.1) is 20.8 Å². The molecule has 124 valence electrons. The second kappa shape index (κ2) is 8.44. The molecule has 2 N–H and O–H groups in total. The first-order valence-corrected chi connectivity index (χ1v) is 7.80. The minimum atomic E-state index is 0.274. The van der Waals surface area contributed by atoms with Crippen molar-refractivity contribution in [2.24, 2.45) is 5.73 Å². The Labute approximate surface area is 138 Å². The van der Waals surface area contributed by atoms with Gasteiger partial charge in [0.25, 0.3) is 0 Å². The highest BCUT2D eigenvalue weighted by atomic mass is 16.5. The van der Waals surface area contributed by atoms with Gasteiger partial charge in [-0.1, -0.05) is 35.9 Å². The molecule has 4 nitrogen and oxygen atoms in total. The lowest BCUT2D eigenvalue weighted by Gasteiger charge is -2.18. The summed E-state index contributed by atoms with van der Waals surface area (Å²) in [7, 11) is 3.24. The molecule has 2 aromatic carbocycles. The number of para-hydroxylation sites is 1. The molecule has 0 aliphatic carbocycles. The van der Waals surface area contributed by atoms with Crippen LogP contribution < -0.4 is 19.9 Å². The monoisotopic (exact) mass is 315 g/mol. The first-order chi connectivity index (χ1) is 11.2. The first-order valence-electron chi connectivity index (χ1n) is 7.80. The Hall–Kier alpha value is -2.20. The third kappa shape index (κ3) is 4.39. The summed E-state index contributed by atoms with van der Waals surface area (Å²) in [5, 5.41) is 0. The van der Waals surface area contributed by atoms with Crippen LogP contribution in [0.25, 0.3) is 0 Å². The zero-order valence-electron chi connectivity index (χ0n) is 14.0. The Kier molecular flexibility index (Phi) is 6.29. The van der Waals surface area contributed by atoms with E-state index in [9.17, 15) is 0 Å². The largest absolute Gasteiger partial charge is 0.493 e. The van der Waals surface area contributed by atoms with Crippen LogP contribution in [0.5, 0.6) is 17.2 Å². The summed E-state index contributed by atoms with van der Waals surface area (Å²) < 4.78 is 16.6. The summed E-state index contributed by atoms with van der Waals surface area (Å²) in [4.78, 5) is 0. The van der Waals surface area contributed by atoms with Crippen molar-refractivity contribution >= 4 is 0 Å². The van der Waals surface area contributed by atoms with Crippen LogP contribution in [0.4, 0.5) is 0 Å². The summed E-state index contributed by atoms with van der Waals surface area (Å²) >= 11 is 0. The van der Waals surface area contributed by atoms with Gasteiger partial charge in [0.15, 0.2) is 11.5 Å². The van der Waals surface area contributed by atoms with Crippen LogP contribution in [0, 0.1) is 6.92 Å². The number of benzene rings is 2. The molecule has 2 rings (SSSR count). The van der Waals surface area contributed by atoms with Gasteiger partial charge in [-0.15, -0.1) is 0 Å². The molecule has 0 bridgehead atoms. The SMILES string of the molecule is COc1cccc(OC)c1OCCC(CN)c1ccc(C)cc1. The van der Waals surface area contributed by atoms with Crippen molar-refractivity contribution in [3.8, 4) is 17.2 Å². The number of aryl methyl sites for hydroxylation is 1. The van der Waals surface area contributed by atoms with Crippen LogP contribution in [-0.2, 0) is 0 Å². The Morgan fingerprint density at radius 1 is 0.957 bits per heavy atom. The molecule has 2 aromatic rings. The standard InChI is InChI=1S/C19H25NO3/c1-14-7-9-15(10-8-14)16(13-20)11-12-23-19-17(21-2)5-4-6-18(19)22-3/h4-10,16H,11-13,20H2,1-3H3. The van der Waals surface area contributed by atoms with Crippen molar-refractivity contribution in [3.63, 3.8) is 0 Å². The number of hydrogen-bond acceptors (Lipinski definition) is 4. The maximum Gasteiger partial charge on any atom is 0.203 e. The summed E-state index contributed by atoms with van der Waals surface area (Å²) in [6, 6.07) is 14.1. The van der Waals surface area contributed by atoms with E-state index in [4.69, 9.17) is 19.9 Å². The number of methoxy groups -OCH3 is 2. The van der Waals surface area contributed by atoms with Crippen molar-refractivity contribution < 1.29 is 14.2 Å². The van der Waals surface area contributed by atoms with Gasteiger partial charge in [0.1, 0.15) is 0 Å². The predicted octanol–water partition coefficient (Wildman–Crippen LogP) is 3.52. The fourth-order valence-electron chi connectivity index (χ4n) is 2.52. The van der Waals surface area contributed by atoms with Gasteiger partial charge < -0.3 is 19.9 Å². The molecule has 0 radical (unpaired) electrons. The first kappa shape index (κ1) is 17.2. The second-order valence-electron chi connectivity index (χ2n) is 5.47. The summed E-state index contributed by atoms with van der Waals surface area (Å²) in [5.74, 6) is 2.25. The van der Waals surface area contributed by atoms with Crippen LogP contribution >= 0.6 is 0 Å². The summed E-state index contributed by atoms with van der Waals surface area (Å²) in [5.41, 5.74) is 8.42. The molecule has 0 heterocycles. The fourth-order valence-corrected chi connectivity index (χ4v) is 2.52. The molecule has 0 aromatic heterocycles. The van der Waals surface area contributed by atoms with Crippen LogP contribution in [-0.4, -0.2) is 27.4 Å². The molecule has 0 aliphatic rings. The maximum atomic E-state index is 5.93. The Morgan fingerprint density at radius 3 is 2.09 bits per heavy atom. The van der Waals surface area contributed by atoms with Crippen LogP contribution in [0.2, 0.25) is 0 Å². The van der Waals surface area contributed by atoms with E-state index in [0.717, 1.165) is 6.42 Å². The van der Waals surface area contributed by atoms with Gasteiger partial charge in [-0.05, 0) is 43.5 Å². The van der Waals surface area contributed by atoms with Gasteiger partial charge >= 0.3 is 0 Å². The maximum absolute atomic E-state index is 5.93. The topological polar surface area (TPSA) is 53.7 Å². The lowest BCUT2D eigenvalue weighted by molar-refractivity contribution is 0.263. The Morgan fingerprint density at radius 2 is 1.57 bits per heavy atom. The molecular weight excluding hydrogens is 290 g/mol. The molecular formula is C19H25NO3. The highest BCUT2D eigenvalue weighted by Gasteiger charge is 2.14. The lowest BCUT2D eigenvalue weighted by Crippen LogP contribution is -2.16. The van der Waals surface area contributed by atoms with E-state index >= 15 is 0 Å². The zero-order valence-corrected chi connectivity index (χ0v) is 14.0. The van der Waals surface area contributed by atoms with E-state index in [1.807, 2.05) is 18.2 Å². The third-order valence-electron chi connectivity index (χ3n) is 3.93. The third-order valence-corrected chi connectivity index (χ3v) is 3.93. The molecule has 1 atom stereocenters. The summed E-state index contributed by atoms with van der Waals surface area (Å²) in [6.45, 7) is 3.22. The van der Waals surface area contributed by atoms with Gasteiger partial charge in [0, 0.05) is 0 Å².